The van der Waals surface area contributed by atoms with Crippen molar-refractivity contribution in [1.82, 2.24) is 14.9 Å². The van der Waals surface area contributed by atoms with Crippen molar-refractivity contribution < 1.29 is 0 Å². The first-order valence-electron chi connectivity index (χ1n) is 10.2. The molecule has 1 atom stereocenters. The second-order valence-corrected chi connectivity index (χ2v) is 7.65. The SMILES string of the molecule is CC(c1ccccc1)N1CCc2c(ccnc2Nc2cnc3ccccc3c2)C1. The molecule has 1 aliphatic heterocycles. The van der Waals surface area contributed by atoms with E-state index < -0.39 is 0 Å². The highest BCUT2D eigenvalue weighted by molar-refractivity contribution is 5.82. The van der Waals surface area contributed by atoms with Gasteiger partial charge in [-0.1, -0.05) is 48.5 Å². The maximum Gasteiger partial charge on any atom is 0.133 e. The number of fused-ring (bicyclic) bond motifs is 2. The summed E-state index contributed by atoms with van der Waals surface area (Å²) >= 11 is 0. The number of nitrogens with one attached hydrogen (secondary N) is 1. The number of nitrogens with zero attached hydrogens (tertiary/aromatic N) is 3. The van der Waals surface area contributed by atoms with Gasteiger partial charge in [0.2, 0.25) is 0 Å². The van der Waals surface area contributed by atoms with Crippen molar-refractivity contribution in [1.29, 1.82) is 0 Å². The Morgan fingerprint density at radius 2 is 1.79 bits per heavy atom. The maximum atomic E-state index is 4.64. The minimum atomic E-state index is 0.401. The van der Waals surface area contributed by atoms with Crippen LogP contribution >= 0.6 is 0 Å². The van der Waals surface area contributed by atoms with Crippen LogP contribution in [0.5, 0.6) is 0 Å². The zero-order chi connectivity index (χ0) is 19.6. The zero-order valence-corrected chi connectivity index (χ0v) is 16.5. The largest absolute Gasteiger partial charge is 0.339 e. The van der Waals surface area contributed by atoms with E-state index >= 15 is 0 Å². The van der Waals surface area contributed by atoms with Gasteiger partial charge in [0.1, 0.15) is 5.82 Å². The Labute approximate surface area is 171 Å². The Balaban J connectivity index is 1.39. The third-order valence-electron chi connectivity index (χ3n) is 5.86. The standard InChI is InChI=1S/C25H24N4/c1-18(19-7-3-2-4-8-19)29-14-12-23-21(17-29)11-13-26-25(23)28-22-15-20-9-5-6-10-24(20)27-16-22/h2-11,13,15-16,18H,12,14,17H2,1H3,(H,26,28). The molecule has 0 radical (unpaired) electrons. The van der Waals surface area contributed by atoms with Crippen molar-refractivity contribution in [2.45, 2.75) is 25.9 Å². The first kappa shape index (κ1) is 17.8. The molecule has 29 heavy (non-hydrogen) atoms. The molecule has 0 bridgehead atoms. The van der Waals surface area contributed by atoms with Gasteiger partial charge in [0.05, 0.1) is 17.4 Å². The molecule has 144 valence electrons. The molecule has 3 heterocycles. The van der Waals surface area contributed by atoms with Gasteiger partial charge in [-0.05, 0) is 42.7 Å². The van der Waals surface area contributed by atoms with Crippen molar-refractivity contribution in [2.75, 3.05) is 11.9 Å². The summed E-state index contributed by atoms with van der Waals surface area (Å²) in [7, 11) is 0. The molecule has 0 spiro atoms. The normalized spacial score (nSPS) is 15.1. The molecule has 1 N–H and O–H groups in total. The average molecular weight is 380 g/mol. The van der Waals surface area contributed by atoms with Crippen LogP contribution in [0.3, 0.4) is 0 Å². The second-order valence-electron chi connectivity index (χ2n) is 7.65. The van der Waals surface area contributed by atoms with Crippen LogP contribution in [0.25, 0.3) is 10.9 Å². The Morgan fingerprint density at radius 1 is 0.966 bits per heavy atom. The third kappa shape index (κ3) is 3.59. The highest BCUT2D eigenvalue weighted by Crippen LogP contribution is 2.31. The van der Waals surface area contributed by atoms with Crippen LogP contribution in [-0.4, -0.2) is 21.4 Å². The van der Waals surface area contributed by atoms with Crippen LogP contribution in [0.15, 0.2) is 79.1 Å². The molecule has 4 heteroatoms. The monoisotopic (exact) mass is 380 g/mol. The highest BCUT2D eigenvalue weighted by Gasteiger charge is 2.23. The van der Waals surface area contributed by atoms with Gasteiger partial charge in [-0.25, -0.2) is 4.98 Å². The Hall–Kier alpha value is -3.24. The first-order chi connectivity index (χ1) is 14.3. The van der Waals surface area contributed by atoms with Crippen LogP contribution in [0.2, 0.25) is 0 Å². The number of hydrogen-bond acceptors (Lipinski definition) is 4. The van der Waals surface area contributed by atoms with Gasteiger partial charge in [-0.2, -0.15) is 0 Å². The Kier molecular flexibility index (Phi) is 4.70. The van der Waals surface area contributed by atoms with E-state index in [2.05, 4.69) is 75.6 Å². The summed E-state index contributed by atoms with van der Waals surface area (Å²) in [5.41, 5.74) is 6.02. The molecular formula is C25H24N4. The minimum Gasteiger partial charge on any atom is -0.339 e. The van der Waals surface area contributed by atoms with Crippen molar-refractivity contribution >= 4 is 22.4 Å². The van der Waals surface area contributed by atoms with E-state index in [-0.39, 0.29) is 0 Å². The van der Waals surface area contributed by atoms with Gasteiger partial charge in [0.15, 0.2) is 0 Å². The van der Waals surface area contributed by atoms with Crippen LogP contribution in [0.1, 0.15) is 29.7 Å². The number of para-hydroxylation sites is 1. The lowest BCUT2D eigenvalue weighted by atomic mass is 9.97. The van der Waals surface area contributed by atoms with Crippen LogP contribution in [-0.2, 0) is 13.0 Å². The van der Waals surface area contributed by atoms with Crippen LogP contribution < -0.4 is 5.32 Å². The summed E-state index contributed by atoms with van der Waals surface area (Å²) in [5, 5.41) is 4.64. The van der Waals surface area contributed by atoms with Crippen molar-refractivity contribution in [3.63, 3.8) is 0 Å². The number of aromatic nitrogens is 2. The summed E-state index contributed by atoms with van der Waals surface area (Å²) in [4.78, 5) is 11.7. The summed E-state index contributed by atoms with van der Waals surface area (Å²) in [5.74, 6) is 0.951. The quantitative estimate of drug-likeness (QED) is 0.508. The summed E-state index contributed by atoms with van der Waals surface area (Å²) < 4.78 is 0. The van der Waals surface area contributed by atoms with Crippen molar-refractivity contribution in [3.05, 3.63) is 95.8 Å². The van der Waals surface area contributed by atoms with E-state index in [0.717, 1.165) is 41.9 Å². The van der Waals surface area contributed by atoms with Gasteiger partial charge >= 0.3 is 0 Å². The van der Waals surface area contributed by atoms with Gasteiger partial charge in [-0.15, -0.1) is 0 Å². The molecule has 5 rings (SSSR count). The average Bonchev–Trinajstić information content (AvgIpc) is 2.79. The van der Waals surface area contributed by atoms with E-state index in [1.54, 1.807) is 0 Å². The Bertz CT molecular complexity index is 1140. The van der Waals surface area contributed by atoms with Crippen LogP contribution in [0, 0.1) is 0 Å². The number of hydrogen-bond donors (Lipinski definition) is 1. The lowest BCUT2D eigenvalue weighted by Crippen LogP contribution is -2.33. The van der Waals surface area contributed by atoms with Gasteiger partial charge < -0.3 is 5.32 Å². The molecule has 0 fully saturated rings. The predicted octanol–water partition coefficient (Wildman–Crippen LogP) is 5.49. The summed E-state index contributed by atoms with van der Waals surface area (Å²) in [6.45, 7) is 4.26. The van der Waals surface area contributed by atoms with E-state index in [1.165, 1.54) is 16.7 Å². The number of benzene rings is 2. The highest BCUT2D eigenvalue weighted by atomic mass is 15.2. The number of rotatable bonds is 4. The predicted molar refractivity (Wildman–Crippen MR) is 118 cm³/mol. The number of anilines is 2. The van der Waals surface area contributed by atoms with E-state index in [1.807, 2.05) is 30.6 Å². The van der Waals surface area contributed by atoms with Crippen LogP contribution in [0.4, 0.5) is 11.5 Å². The van der Waals surface area contributed by atoms with E-state index in [4.69, 9.17) is 0 Å². The third-order valence-corrected chi connectivity index (χ3v) is 5.86. The van der Waals surface area contributed by atoms with Gasteiger partial charge in [0, 0.05) is 36.3 Å². The van der Waals surface area contributed by atoms with Gasteiger partial charge in [-0.3, -0.25) is 9.88 Å². The van der Waals surface area contributed by atoms with Crippen molar-refractivity contribution in [2.24, 2.45) is 0 Å². The fourth-order valence-corrected chi connectivity index (χ4v) is 4.17. The first-order valence-corrected chi connectivity index (χ1v) is 10.2. The molecule has 4 nitrogen and oxygen atoms in total. The fraction of sp³-hybridized carbons (Fsp3) is 0.200. The minimum absolute atomic E-state index is 0.401. The molecule has 4 aromatic rings. The topological polar surface area (TPSA) is 41.1 Å². The molecule has 1 unspecified atom stereocenters. The molecular weight excluding hydrogens is 356 g/mol. The Morgan fingerprint density at radius 3 is 2.69 bits per heavy atom. The van der Waals surface area contributed by atoms with E-state index in [0.29, 0.717) is 6.04 Å². The number of pyridine rings is 2. The molecule has 0 amide bonds. The lowest BCUT2D eigenvalue weighted by molar-refractivity contribution is 0.192. The zero-order valence-electron chi connectivity index (χ0n) is 16.5. The molecule has 1 aliphatic rings. The smallest absolute Gasteiger partial charge is 0.133 e. The summed E-state index contributed by atoms with van der Waals surface area (Å²) in [6.07, 6.45) is 4.78. The molecule has 0 aliphatic carbocycles. The van der Waals surface area contributed by atoms with E-state index in [9.17, 15) is 0 Å². The molecule has 0 saturated heterocycles. The van der Waals surface area contributed by atoms with Crippen molar-refractivity contribution in [3.8, 4) is 0 Å². The molecule has 0 saturated carbocycles. The van der Waals surface area contributed by atoms with Gasteiger partial charge in [0.25, 0.3) is 0 Å². The lowest BCUT2D eigenvalue weighted by Gasteiger charge is -2.34. The molecule has 2 aromatic carbocycles. The molecule has 2 aromatic heterocycles. The second kappa shape index (κ2) is 7.64. The maximum absolute atomic E-state index is 4.64. The fourth-order valence-electron chi connectivity index (χ4n) is 4.17. The summed E-state index contributed by atoms with van der Waals surface area (Å²) in [6, 6.07) is 23.6.